The van der Waals surface area contributed by atoms with E-state index < -0.39 is 36.2 Å². The highest BCUT2D eigenvalue weighted by atomic mass is 16.6. The number of hydrogen-bond acceptors (Lipinski definition) is 8. The van der Waals surface area contributed by atoms with E-state index in [9.17, 15) is 19.8 Å². The normalized spacial score (nSPS) is 17.2. The van der Waals surface area contributed by atoms with Crippen LogP contribution in [0.4, 0.5) is 0 Å². The maximum Gasteiger partial charge on any atom is 0.249 e. The van der Waals surface area contributed by atoms with Crippen molar-refractivity contribution < 1.29 is 29.3 Å². The summed E-state index contributed by atoms with van der Waals surface area (Å²) in [5.41, 5.74) is 20.5. The molecule has 0 aromatic heterocycles. The first-order chi connectivity index (χ1) is 9.36. The predicted octanol–water partition coefficient (Wildman–Crippen LogP) is -4.63. The molecule has 0 saturated carbocycles. The maximum atomic E-state index is 11.3. The summed E-state index contributed by atoms with van der Waals surface area (Å²) in [5.74, 6) is -2.13. The van der Waals surface area contributed by atoms with Crippen molar-refractivity contribution in [2.24, 2.45) is 22.9 Å². The number of rotatable bonds is 11. The topological polar surface area (TPSA) is 197 Å². The van der Waals surface area contributed by atoms with Crippen LogP contribution >= 0.6 is 0 Å². The van der Waals surface area contributed by atoms with Gasteiger partial charge in [-0.1, -0.05) is 0 Å². The quantitative estimate of drug-likeness (QED) is 0.218. The summed E-state index contributed by atoms with van der Waals surface area (Å²) < 4.78 is 10.2. The third-order valence-electron chi connectivity index (χ3n) is 2.37. The highest BCUT2D eigenvalue weighted by Crippen LogP contribution is 2.12. The molecule has 4 atom stereocenters. The van der Waals surface area contributed by atoms with Crippen molar-refractivity contribution in [3.63, 3.8) is 0 Å². The standard InChI is InChI=1S/C10H22N4O6/c11-1-3-19-7(5(15)6(16)9(13)17)8(10(14)18)20-4-2-12/h5-8,15-16H,1-4,11-12H2,(H2,13,17)(H2,14,18)/t5-,6-,7-,8+/m0/s1. The first-order valence-electron chi connectivity index (χ1n) is 5.94. The van der Waals surface area contributed by atoms with E-state index in [-0.39, 0.29) is 26.3 Å². The molecule has 0 radical (unpaired) electrons. The van der Waals surface area contributed by atoms with Crippen molar-refractivity contribution in [2.75, 3.05) is 26.3 Å². The fourth-order valence-electron chi connectivity index (χ4n) is 1.45. The van der Waals surface area contributed by atoms with Gasteiger partial charge in [0.25, 0.3) is 0 Å². The number of hydrogen-bond donors (Lipinski definition) is 6. The lowest BCUT2D eigenvalue weighted by Gasteiger charge is -2.30. The van der Waals surface area contributed by atoms with Crippen LogP contribution in [0.2, 0.25) is 0 Å². The highest BCUT2D eigenvalue weighted by molar-refractivity contribution is 5.81. The Kier molecular flexibility index (Phi) is 8.96. The SMILES string of the molecule is NCCO[C@@H]([C@@H](O)[C@H](O)C(N)=O)[C@@H](OCCN)C(N)=O. The van der Waals surface area contributed by atoms with Crippen molar-refractivity contribution in [1.82, 2.24) is 0 Å². The summed E-state index contributed by atoms with van der Waals surface area (Å²) in [6.45, 7) is 0.0958. The molecule has 0 rings (SSSR count). The fourth-order valence-corrected chi connectivity index (χ4v) is 1.45. The minimum atomic E-state index is -1.94. The Morgan fingerprint density at radius 2 is 1.45 bits per heavy atom. The highest BCUT2D eigenvalue weighted by Gasteiger charge is 2.39. The summed E-state index contributed by atoms with van der Waals surface area (Å²) in [6.07, 6.45) is -6.55. The van der Waals surface area contributed by atoms with Crippen LogP contribution in [0.3, 0.4) is 0 Å². The van der Waals surface area contributed by atoms with Crippen LogP contribution in [0.25, 0.3) is 0 Å². The number of carbonyl (C=O) groups excluding carboxylic acids is 2. The van der Waals surface area contributed by atoms with Crippen molar-refractivity contribution >= 4 is 11.8 Å². The molecule has 0 aliphatic heterocycles. The Morgan fingerprint density at radius 1 is 0.950 bits per heavy atom. The third kappa shape index (κ3) is 5.77. The van der Waals surface area contributed by atoms with Crippen LogP contribution in [0, 0.1) is 0 Å². The van der Waals surface area contributed by atoms with Gasteiger partial charge in [-0.05, 0) is 0 Å². The van der Waals surface area contributed by atoms with Gasteiger partial charge < -0.3 is 42.6 Å². The van der Waals surface area contributed by atoms with Crippen molar-refractivity contribution in [3.8, 4) is 0 Å². The first-order valence-corrected chi connectivity index (χ1v) is 5.94. The largest absolute Gasteiger partial charge is 0.387 e. The second-order valence-electron chi connectivity index (χ2n) is 3.94. The Balaban J connectivity index is 5.05. The Hall–Kier alpha value is -1.30. The minimum Gasteiger partial charge on any atom is -0.387 e. The smallest absolute Gasteiger partial charge is 0.249 e. The number of carbonyl (C=O) groups is 2. The van der Waals surface area contributed by atoms with Crippen molar-refractivity contribution in [3.05, 3.63) is 0 Å². The molecule has 0 aliphatic rings. The van der Waals surface area contributed by atoms with Crippen LogP contribution in [-0.4, -0.2) is 72.7 Å². The zero-order chi connectivity index (χ0) is 15.7. The maximum absolute atomic E-state index is 11.3. The molecule has 0 fully saturated rings. The average Bonchev–Trinajstić information content (AvgIpc) is 2.40. The number of ether oxygens (including phenoxy) is 2. The average molecular weight is 294 g/mol. The molecule has 0 saturated heterocycles. The number of primary amides is 2. The van der Waals surface area contributed by atoms with Gasteiger partial charge in [0.2, 0.25) is 11.8 Å². The van der Waals surface area contributed by atoms with Gasteiger partial charge in [-0.15, -0.1) is 0 Å². The van der Waals surface area contributed by atoms with Gasteiger partial charge in [0.05, 0.1) is 13.2 Å². The van der Waals surface area contributed by atoms with Gasteiger partial charge in [-0.25, -0.2) is 0 Å². The van der Waals surface area contributed by atoms with E-state index in [4.69, 9.17) is 32.4 Å². The van der Waals surface area contributed by atoms with Gasteiger partial charge in [0.15, 0.2) is 12.2 Å². The third-order valence-corrected chi connectivity index (χ3v) is 2.37. The minimum absolute atomic E-state index is 0.0323. The van der Waals surface area contributed by atoms with Crippen LogP contribution in [0.1, 0.15) is 0 Å². The van der Waals surface area contributed by atoms with E-state index in [1.807, 2.05) is 0 Å². The summed E-state index contributed by atoms with van der Waals surface area (Å²) in [5, 5.41) is 19.3. The second-order valence-corrected chi connectivity index (χ2v) is 3.94. The summed E-state index contributed by atoms with van der Waals surface area (Å²) in [4.78, 5) is 22.2. The molecule has 0 aliphatic carbocycles. The molecule has 20 heavy (non-hydrogen) atoms. The van der Waals surface area contributed by atoms with Crippen LogP contribution < -0.4 is 22.9 Å². The zero-order valence-corrected chi connectivity index (χ0v) is 11.0. The van der Waals surface area contributed by atoms with E-state index in [1.54, 1.807) is 0 Å². The fraction of sp³-hybridized carbons (Fsp3) is 0.800. The van der Waals surface area contributed by atoms with E-state index >= 15 is 0 Å². The molecule has 0 bridgehead atoms. The van der Waals surface area contributed by atoms with Gasteiger partial charge in [-0.3, -0.25) is 9.59 Å². The Morgan fingerprint density at radius 3 is 1.85 bits per heavy atom. The molecule has 0 spiro atoms. The molecule has 118 valence electrons. The number of aliphatic hydroxyl groups excluding tert-OH is 2. The molecule has 10 N–H and O–H groups in total. The molecule has 0 aromatic carbocycles. The number of aliphatic hydroxyl groups is 2. The van der Waals surface area contributed by atoms with Crippen LogP contribution in [-0.2, 0) is 19.1 Å². The molecule has 10 heteroatoms. The monoisotopic (exact) mass is 294 g/mol. The summed E-state index contributed by atoms with van der Waals surface area (Å²) in [7, 11) is 0. The van der Waals surface area contributed by atoms with Gasteiger partial charge in [0.1, 0.15) is 12.2 Å². The van der Waals surface area contributed by atoms with Crippen molar-refractivity contribution in [2.45, 2.75) is 24.4 Å². The molecular formula is C10H22N4O6. The first kappa shape index (κ1) is 18.7. The number of nitrogens with two attached hydrogens (primary N) is 4. The summed E-state index contributed by atoms with van der Waals surface area (Å²) >= 11 is 0. The molecule has 2 amide bonds. The van der Waals surface area contributed by atoms with E-state index in [0.717, 1.165) is 0 Å². The second kappa shape index (κ2) is 9.58. The van der Waals surface area contributed by atoms with Gasteiger partial charge in [-0.2, -0.15) is 0 Å². The van der Waals surface area contributed by atoms with E-state index in [0.29, 0.717) is 0 Å². The lowest BCUT2D eigenvalue weighted by Crippen LogP contribution is -2.55. The van der Waals surface area contributed by atoms with E-state index in [2.05, 4.69) is 0 Å². The zero-order valence-electron chi connectivity index (χ0n) is 11.0. The molecule has 0 heterocycles. The van der Waals surface area contributed by atoms with E-state index in [1.165, 1.54) is 0 Å². The van der Waals surface area contributed by atoms with Crippen LogP contribution in [0.5, 0.6) is 0 Å². The lowest BCUT2D eigenvalue weighted by atomic mass is 10.0. The lowest BCUT2D eigenvalue weighted by molar-refractivity contribution is -0.168. The molecule has 0 aromatic rings. The molecule has 10 nitrogen and oxygen atoms in total. The number of amides is 2. The summed E-state index contributed by atoms with van der Waals surface area (Å²) in [6, 6.07) is 0. The molecular weight excluding hydrogens is 272 g/mol. The Bertz CT molecular complexity index is 316. The van der Waals surface area contributed by atoms with Gasteiger partial charge in [0, 0.05) is 13.1 Å². The predicted molar refractivity (Wildman–Crippen MR) is 68.0 cm³/mol. The Labute approximate surface area is 116 Å². The van der Waals surface area contributed by atoms with Gasteiger partial charge >= 0.3 is 0 Å². The molecule has 0 unspecified atom stereocenters. The van der Waals surface area contributed by atoms with Crippen LogP contribution in [0.15, 0.2) is 0 Å². The van der Waals surface area contributed by atoms with Crippen molar-refractivity contribution in [1.29, 1.82) is 0 Å².